The number of anilines is 2. The van der Waals surface area contributed by atoms with Gasteiger partial charge >= 0.3 is 0 Å². The Bertz CT molecular complexity index is 719. The Hall–Kier alpha value is -1.99. The summed E-state index contributed by atoms with van der Waals surface area (Å²) in [7, 11) is 2.04. The van der Waals surface area contributed by atoms with Crippen LogP contribution in [0, 0.1) is 0 Å². The predicted octanol–water partition coefficient (Wildman–Crippen LogP) is 1.47. The average Bonchev–Trinajstić information content (AvgIpc) is 3.15. The van der Waals surface area contributed by atoms with Crippen molar-refractivity contribution in [3.63, 3.8) is 0 Å². The quantitative estimate of drug-likeness (QED) is 0.845. The lowest BCUT2D eigenvalue weighted by Gasteiger charge is -2.35. The second-order valence-electron chi connectivity index (χ2n) is 6.47. The van der Waals surface area contributed by atoms with E-state index in [1.807, 2.05) is 19.2 Å². The number of aromatic nitrogens is 3. The molecule has 0 unspecified atom stereocenters. The van der Waals surface area contributed by atoms with Crippen LogP contribution in [0.3, 0.4) is 0 Å². The van der Waals surface area contributed by atoms with E-state index in [-0.39, 0.29) is 6.04 Å². The molecule has 128 valence electrons. The number of hydrogen-bond donors (Lipinski definition) is 0. The highest BCUT2D eigenvalue weighted by molar-refractivity contribution is 5.88. The van der Waals surface area contributed by atoms with Crippen LogP contribution in [0.4, 0.5) is 11.8 Å². The number of pyridine rings is 1. The van der Waals surface area contributed by atoms with Crippen molar-refractivity contribution in [3.8, 4) is 0 Å². The summed E-state index contributed by atoms with van der Waals surface area (Å²) in [5, 5.41) is 0.992. The van der Waals surface area contributed by atoms with E-state index in [1.54, 1.807) is 6.20 Å². The SMILES string of the molecule is C[C@H]1COCCN1c1nc(N(C)[C@@H]2CCOC2)nc2ncccc12. The van der Waals surface area contributed by atoms with Gasteiger partial charge < -0.3 is 19.3 Å². The van der Waals surface area contributed by atoms with Crippen LogP contribution in [-0.2, 0) is 9.47 Å². The summed E-state index contributed by atoms with van der Waals surface area (Å²) in [6.07, 6.45) is 2.79. The predicted molar refractivity (Wildman–Crippen MR) is 92.6 cm³/mol. The normalized spacial score (nSPS) is 24.5. The van der Waals surface area contributed by atoms with Crippen molar-refractivity contribution >= 4 is 22.8 Å². The third-order valence-corrected chi connectivity index (χ3v) is 4.85. The average molecular weight is 329 g/mol. The van der Waals surface area contributed by atoms with Crippen molar-refractivity contribution in [3.05, 3.63) is 18.3 Å². The van der Waals surface area contributed by atoms with Crippen LogP contribution in [-0.4, -0.2) is 67.1 Å². The minimum atomic E-state index is 0.282. The molecule has 2 aromatic rings. The molecule has 0 aliphatic carbocycles. The Morgan fingerprint density at radius 1 is 1.21 bits per heavy atom. The van der Waals surface area contributed by atoms with Gasteiger partial charge in [-0.05, 0) is 25.5 Å². The highest BCUT2D eigenvalue weighted by atomic mass is 16.5. The number of rotatable bonds is 3. The van der Waals surface area contributed by atoms with Crippen molar-refractivity contribution in [2.75, 3.05) is 49.8 Å². The number of hydrogen-bond acceptors (Lipinski definition) is 7. The molecule has 4 heterocycles. The van der Waals surface area contributed by atoms with Crippen LogP contribution in [0.15, 0.2) is 18.3 Å². The molecule has 2 atom stereocenters. The summed E-state index contributed by atoms with van der Waals surface area (Å²) in [4.78, 5) is 18.5. The third kappa shape index (κ3) is 2.78. The zero-order chi connectivity index (χ0) is 16.5. The molecular weight excluding hydrogens is 306 g/mol. The molecule has 24 heavy (non-hydrogen) atoms. The molecule has 7 heteroatoms. The van der Waals surface area contributed by atoms with Gasteiger partial charge in [0.1, 0.15) is 5.82 Å². The van der Waals surface area contributed by atoms with E-state index in [0.717, 1.165) is 49.6 Å². The highest BCUT2D eigenvalue weighted by Crippen LogP contribution is 2.28. The first-order valence-electron chi connectivity index (χ1n) is 8.52. The molecule has 2 fully saturated rings. The largest absolute Gasteiger partial charge is 0.379 e. The van der Waals surface area contributed by atoms with Crippen LogP contribution in [0.1, 0.15) is 13.3 Å². The minimum Gasteiger partial charge on any atom is -0.379 e. The summed E-state index contributed by atoms with van der Waals surface area (Å²) in [5.41, 5.74) is 0.738. The molecule has 0 saturated carbocycles. The van der Waals surface area contributed by atoms with Gasteiger partial charge in [0.25, 0.3) is 0 Å². The molecule has 0 aromatic carbocycles. The number of ether oxygens (including phenoxy) is 2. The first-order chi connectivity index (χ1) is 11.7. The standard InChI is InChI=1S/C17H23N5O2/c1-12-10-24-9-7-22(12)16-14-4-3-6-18-15(14)19-17(20-16)21(2)13-5-8-23-11-13/h3-4,6,12-13H,5,7-11H2,1-2H3/t12-,13+/m0/s1. The Morgan fingerprint density at radius 2 is 2.08 bits per heavy atom. The van der Waals surface area contributed by atoms with Crippen LogP contribution in [0.2, 0.25) is 0 Å². The fraction of sp³-hybridized carbons (Fsp3) is 0.588. The Labute approximate surface area is 141 Å². The van der Waals surface area contributed by atoms with Gasteiger partial charge in [0.05, 0.1) is 37.3 Å². The molecule has 0 N–H and O–H groups in total. The Morgan fingerprint density at radius 3 is 2.88 bits per heavy atom. The molecule has 0 spiro atoms. The zero-order valence-electron chi connectivity index (χ0n) is 14.2. The van der Waals surface area contributed by atoms with Crippen molar-refractivity contribution in [2.24, 2.45) is 0 Å². The van der Waals surface area contributed by atoms with Gasteiger partial charge in [-0.25, -0.2) is 4.98 Å². The molecule has 0 bridgehead atoms. The number of nitrogens with zero attached hydrogens (tertiary/aromatic N) is 5. The molecule has 0 amide bonds. The van der Waals surface area contributed by atoms with Gasteiger partial charge in [0.2, 0.25) is 5.95 Å². The van der Waals surface area contributed by atoms with Gasteiger partial charge in [0, 0.05) is 26.4 Å². The lowest BCUT2D eigenvalue weighted by molar-refractivity contribution is 0.0987. The molecule has 4 rings (SSSR count). The van der Waals surface area contributed by atoms with E-state index in [0.29, 0.717) is 18.6 Å². The van der Waals surface area contributed by atoms with E-state index in [1.165, 1.54) is 0 Å². The van der Waals surface area contributed by atoms with Crippen LogP contribution < -0.4 is 9.80 Å². The maximum Gasteiger partial charge on any atom is 0.229 e. The number of fused-ring (bicyclic) bond motifs is 1. The highest BCUT2D eigenvalue weighted by Gasteiger charge is 2.27. The van der Waals surface area contributed by atoms with Gasteiger partial charge in [-0.1, -0.05) is 0 Å². The Balaban J connectivity index is 1.78. The molecule has 2 aliphatic rings. The maximum atomic E-state index is 5.58. The van der Waals surface area contributed by atoms with Crippen molar-refractivity contribution in [1.29, 1.82) is 0 Å². The smallest absolute Gasteiger partial charge is 0.229 e. The van der Waals surface area contributed by atoms with Gasteiger partial charge in [0.15, 0.2) is 5.65 Å². The second kappa shape index (κ2) is 6.49. The van der Waals surface area contributed by atoms with E-state index in [9.17, 15) is 0 Å². The second-order valence-corrected chi connectivity index (χ2v) is 6.47. The monoisotopic (exact) mass is 329 g/mol. The number of likely N-dealkylation sites (N-methyl/N-ethyl adjacent to an activating group) is 1. The minimum absolute atomic E-state index is 0.282. The molecule has 2 aromatic heterocycles. The number of morpholine rings is 1. The van der Waals surface area contributed by atoms with Gasteiger partial charge in [-0.2, -0.15) is 9.97 Å². The Kier molecular flexibility index (Phi) is 4.20. The maximum absolute atomic E-state index is 5.58. The zero-order valence-corrected chi connectivity index (χ0v) is 14.2. The molecular formula is C17H23N5O2. The lowest BCUT2D eigenvalue weighted by Crippen LogP contribution is -2.44. The fourth-order valence-electron chi connectivity index (χ4n) is 3.34. The van der Waals surface area contributed by atoms with Crippen LogP contribution in [0.5, 0.6) is 0 Å². The van der Waals surface area contributed by atoms with Crippen LogP contribution >= 0.6 is 0 Å². The molecule has 2 aliphatic heterocycles. The lowest BCUT2D eigenvalue weighted by atomic mass is 10.2. The van der Waals surface area contributed by atoms with Crippen molar-refractivity contribution < 1.29 is 9.47 Å². The fourth-order valence-corrected chi connectivity index (χ4v) is 3.34. The van der Waals surface area contributed by atoms with E-state index < -0.39 is 0 Å². The first kappa shape index (κ1) is 15.5. The summed E-state index contributed by atoms with van der Waals surface area (Å²) in [6, 6.07) is 4.59. The molecule has 0 radical (unpaired) electrons. The molecule has 2 saturated heterocycles. The van der Waals surface area contributed by atoms with Gasteiger partial charge in [-0.3, -0.25) is 0 Å². The molecule has 7 nitrogen and oxygen atoms in total. The summed E-state index contributed by atoms with van der Waals surface area (Å²) in [5.74, 6) is 1.66. The van der Waals surface area contributed by atoms with Gasteiger partial charge in [-0.15, -0.1) is 0 Å². The van der Waals surface area contributed by atoms with Crippen molar-refractivity contribution in [2.45, 2.75) is 25.4 Å². The van der Waals surface area contributed by atoms with E-state index in [4.69, 9.17) is 19.4 Å². The van der Waals surface area contributed by atoms with Crippen molar-refractivity contribution in [1.82, 2.24) is 15.0 Å². The van der Waals surface area contributed by atoms with E-state index in [2.05, 4.69) is 21.7 Å². The summed E-state index contributed by atoms with van der Waals surface area (Å²) >= 11 is 0. The first-order valence-corrected chi connectivity index (χ1v) is 8.52. The summed E-state index contributed by atoms with van der Waals surface area (Å²) < 4.78 is 11.1. The summed E-state index contributed by atoms with van der Waals surface area (Å²) in [6.45, 7) is 5.96. The topological polar surface area (TPSA) is 63.6 Å². The third-order valence-electron chi connectivity index (χ3n) is 4.85. The van der Waals surface area contributed by atoms with Crippen LogP contribution in [0.25, 0.3) is 11.0 Å². The van der Waals surface area contributed by atoms with E-state index >= 15 is 0 Å².